The molecule has 0 fully saturated rings. The molecule has 0 amide bonds. The molecule has 0 spiro atoms. The molecule has 0 heterocycles. The van der Waals surface area contributed by atoms with Crippen LogP contribution in [0.15, 0.2) is 30.3 Å². The van der Waals surface area contributed by atoms with E-state index in [9.17, 15) is 8.42 Å². The zero-order chi connectivity index (χ0) is 12.0. The van der Waals surface area contributed by atoms with Gasteiger partial charge in [-0.05, 0) is 25.5 Å². The number of hydrogen-bond donors (Lipinski definition) is 1. The second kappa shape index (κ2) is 8.11. The standard InChI is InChI=1S/C11H17NO3S.Na/c1-2-12(9-6-10-16(13,14)15)11-7-4-3-5-8-11;/h3-5,7-8H,2,6,9-10H2,1H3,(H,13,14,15);. The smallest absolute Gasteiger partial charge is 0.264 e. The van der Waals surface area contributed by atoms with E-state index >= 15 is 0 Å². The molecule has 1 aromatic carbocycles. The van der Waals surface area contributed by atoms with E-state index in [0.29, 0.717) is 13.0 Å². The largest absolute Gasteiger partial charge is 0.372 e. The number of para-hydroxylation sites is 1. The van der Waals surface area contributed by atoms with E-state index in [1.54, 1.807) is 0 Å². The van der Waals surface area contributed by atoms with Gasteiger partial charge in [0.1, 0.15) is 0 Å². The van der Waals surface area contributed by atoms with Crippen molar-refractivity contribution in [3.05, 3.63) is 30.3 Å². The van der Waals surface area contributed by atoms with Gasteiger partial charge in [0.2, 0.25) is 0 Å². The third-order valence-electron chi connectivity index (χ3n) is 2.33. The molecule has 4 nitrogen and oxygen atoms in total. The molecular formula is C11H17NNaO3S. The predicted octanol–water partition coefficient (Wildman–Crippen LogP) is 1.41. The van der Waals surface area contributed by atoms with E-state index in [0.717, 1.165) is 12.2 Å². The second-order valence-corrected chi connectivity index (χ2v) is 5.13. The zero-order valence-corrected chi connectivity index (χ0v) is 13.2. The fourth-order valence-electron chi connectivity index (χ4n) is 1.55. The molecule has 1 N–H and O–H groups in total. The van der Waals surface area contributed by atoms with Gasteiger partial charge in [0.05, 0.1) is 5.75 Å². The summed E-state index contributed by atoms with van der Waals surface area (Å²) < 4.78 is 29.8. The molecule has 1 aromatic rings. The van der Waals surface area contributed by atoms with Gasteiger partial charge in [-0.15, -0.1) is 0 Å². The molecule has 0 atom stereocenters. The van der Waals surface area contributed by atoms with Gasteiger partial charge in [-0.1, -0.05) is 18.2 Å². The minimum Gasteiger partial charge on any atom is -0.372 e. The van der Waals surface area contributed by atoms with Gasteiger partial charge in [0.15, 0.2) is 0 Å². The summed E-state index contributed by atoms with van der Waals surface area (Å²) in [5.74, 6) is -0.184. The van der Waals surface area contributed by atoms with Crippen LogP contribution in [0.2, 0.25) is 0 Å². The van der Waals surface area contributed by atoms with Crippen molar-refractivity contribution in [2.75, 3.05) is 23.7 Å². The molecule has 0 aliphatic heterocycles. The summed E-state index contributed by atoms with van der Waals surface area (Å²) in [6, 6.07) is 9.80. The molecule has 91 valence electrons. The number of nitrogens with zero attached hydrogens (tertiary/aromatic N) is 1. The van der Waals surface area contributed by atoms with Crippen molar-refractivity contribution in [2.45, 2.75) is 13.3 Å². The predicted molar refractivity (Wildman–Crippen MR) is 71.1 cm³/mol. The number of rotatable bonds is 6. The summed E-state index contributed by atoms with van der Waals surface area (Å²) in [5, 5.41) is 0. The fraction of sp³-hybridized carbons (Fsp3) is 0.455. The molecule has 0 aliphatic rings. The van der Waals surface area contributed by atoms with Crippen LogP contribution in [0.4, 0.5) is 5.69 Å². The summed E-state index contributed by atoms with van der Waals surface area (Å²) in [7, 11) is -3.84. The SMILES string of the molecule is CCN(CCCS(=O)(=O)O)c1ccccc1.[Na]. The van der Waals surface area contributed by atoms with Crippen LogP contribution in [-0.4, -0.2) is 61.4 Å². The van der Waals surface area contributed by atoms with Gasteiger partial charge in [0.25, 0.3) is 10.1 Å². The molecular weight excluding hydrogens is 249 g/mol. The Kier molecular flexibility index (Phi) is 8.07. The van der Waals surface area contributed by atoms with Crippen LogP contribution in [-0.2, 0) is 10.1 Å². The van der Waals surface area contributed by atoms with Crippen LogP contribution in [0.3, 0.4) is 0 Å². The van der Waals surface area contributed by atoms with E-state index in [1.807, 2.05) is 37.3 Å². The maximum atomic E-state index is 10.6. The van der Waals surface area contributed by atoms with Crippen molar-refractivity contribution < 1.29 is 13.0 Å². The zero-order valence-electron chi connectivity index (χ0n) is 10.3. The minimum absolute atomic E-state index is 0. The monoisotopic (exact) mass is 266 g/mol. The average molecular weight is 266 g/mol. The normalized spacial score (nSPS) is 10.7. The van der Waals surface area contributed by atoms with E-state index < -0.39 is 10.1 Å². The first-order valence-electron chi connectivity index (χ1n) is 5.28. The number of benzene rings is 1. The summed E-state index contributed by atoms with van der Waals surface area (Å²) in [4.78, 5) is 2.07. The third-order valence-corrected chi connectivity index (χ3v) is 3.14. The van der Waals surface area contributed by atoms with Crippen molar-refractivity contribution in [2.24, 2.45) is 0 Å². The first-order valence-corrected chi connectivity index (χ1v) is 6.89. The summed E-state index contributed by atoms with van der Waals surface area (Å²) in [6.07, 6.45) is 0.432. The van der Waals surface area contributed by atoms with Crippen molar-refractivity contribution >= 4 is 45.4 Å². The first kappa shape index (κ1) is 16.9. The van der Waals surface area contributed by atoms with Crippen molar-refractivity contribution in [1.82, 2.24) is 0 Å². The molecule has 0 saturated carbocycles. The van der Waals surface area contributed by atoms with Crippen LogP contribution in [0, 0.1) is 0 Å². The first-order chi connectivity index (χ1) is 7.53. The summed E-state index contributed by atoms with van der Waals surface area (Å²) in [5.41, 5.74) is 1.07. The van der Waals surface area contributed by atoms with Crippen LogP contribution in [0.5, 0.6) is 0 Å². The Bertz CT molecular complexity index is 408. The maximum absolute atomic E-state index is 10.6. The van der Waals surface area contributed by atoms with E-state index in [2.05, 4.69) is 4.90 Å². The van der Waals surface area contributed by atoms with E-state index in [-0.39, 0.29) is 35.3 Å². The van der Waals surface area contributed by atoms with Gasteiger partial charge < -0.3 is 4.90 Å². The Labute approximate surface area is 125 Å². The maximum Gasteiger partial charge on any atom is 0.264 e. The quantitative estimate of drug-likeness (QED) is 0.625. The summed E-state index contributed by atoms with van der Waals surface area (Å²) in [6.45, 7) is 3.45. The Hall–Kier alpha value is -0.0700. The molecule has 0 aromatic heterocycles. The van der Waals surface area contributed by atoms with E-state index in [4.69, 9.17) is 4.55 Å². The summed E-state index contributed by atoms with van der Waals surface area (Å²) >= 11 is 0. The molecule has 6 heteroatoms. The molecule has 17 heavy (non-hydrogen) atoms. The molecule has 0 aliphatic carbocycles. The second-order valence-electron chi connectivity index (χ2n) is 3.55. The van der Waals surface area contributed by atoms with Gasteiger partial charge in [-0.2, -0.15) is 8.42 Å². The average Bonchev–Trinajstić information content (AvgIpc) is 2.24. The van der Waals surface area contributed by atoms with Crippen molar-refractivity contribution in [3.63, 3.8) is 0 Å². The van der Waals surface area contributed by atoms with Crippen LogP contribution in [0.1, 0.15) is 13.3 Å². The number of anilines is 1. The molecule has 0 bridgehead atoms. The van der Waals surface area contributed by atoms with Crippen LogP contribution >= 0.6 is 0 Å². The van der Waals surface area contributed by atoms with Crippen LogP contribution in [0.25, 0.3) is 0 Å². The Morgan fingerprint density at radius 1 is 1.24 bits per heavy atom. The van der Waals surface area contributed by atoms with Crippen molar-refractivity contribution in [3.8, 4) is 0 Å². The van der Waals surface area contributed by atoms with Crippen molar-refractivity contribution in [1.29, 1.82) is 0 Å². The topological polar surface area (TPSA) is 57.6 Å². The molecule has 1 radical (unpaired) electrons. The molecule has 1 rings (SSSR count). The van der Waals surface area contributed by atoms with E-state index in [1.165, 1.54) is 0 Å². The van der Waals surface area contributed by atoms with Gasteiger partial charge in [0, 0.05) is 48.3 Å². The van der Waals surface area contributed by atoms with Gasteiger partial charge in [-0.3, -0.25) is 4.55 Å². The van der Waals surface area contributed by atoms with Crippen LogP contribution < -0.4 is 4.90 Å². The Morgan fingerprint density at radius 2 is 1.82 bits per heavy atom. The number of hydrogen-bond acceptors (Lipinski definition) is 3. The molecule has 0 unspecified atom stereocenters. The minimum atomic E-state index is -3.84. The molecule has 0 saturated heterocycles. The Balaban J connectivity index is 0.00000256. The third kappa shape index (κ3) is 7.06. The van der Waals surface area contributed by atoms with Gasteiger partial charge in [-0.25, -0.2) is 0 Å². The fourth-order valence-corrected chi connectivity index (χ4v) is 2.04. The Morgan fingerprint density at radius 3 is 2.29 bits per heavy atom. The van der Waals surface area contributed by atoms with Gasteiger partial charge >= 0.3 is 0 Å².